The lowest BCUT2D eigenvalue weighted by Gasteiger charge is -2.31. The maximum Gasteiger partial charge on any atom is 0.352 e. The van der Waals surface area contributed by atoms with Gasteiger partial charge in [-0.1, -0.05) is 72.3 Å². The van der Waals surface area contributed by atoms with Crippen LogP contribution in [0.15, 0.2) is 72.8 Å². The number of nitrogens with one attached hydrogen (secondary N) is 2. The van der Waals surface area contributed by atoms with E-state index in [4.69, 9.17) is 11.6 Å². The standard InChI is InChI=1S/C29H28ClN3O4/c1-29(2,3)32-27(35)26(24-22-14-13-21(30)15-23(22)31-25(24)28(36)37)33(17-34)16-18-9-11-20(12-10-18)19-7-5-4-6-8-19/h4-15,17,26,31H,16H2,1-3H3,(H,32,35)(H,36,37). The maximum absolute atomic E-state index is 13.6. The fraction of sp³-hybridized carbons (Fsp3) is 0.207. The lowest BCUT2D eigenvalue weighted by molar-refractivity contribution is -0.134. The Morgan fingerprint density at radius 1 is 1.03 bits per heavy atom. The molecule has 3 N–H and O–H groups in total. The molecule has 0 aliphatic heterocycles. The smallest absolute Gasteiger partial charge is 0.352 e. The Kier molecular flexibility index (Phi) is 7.36. The molecule has 1 unspecified atom stereocenters. The van der Waals surface area contributed by atoms with Crippen molar-refractivity contribution < 1.29 is 19.5 Å². The second kappa shape index (κ2) is 10.5. The summed E-state index contributed by atoms with van der Waals surface area (Å²) in [7, 11) is 0. The highest BCUT2D eigenvalue weighted by molar-refractivity contribution is 6.31. The Morgan fingerprint density at radius 2 is 1.68 bits per heavy atom. The number of halogens is 1. The van der Waals surface area contributed by atoms with Gasteiger partial charge in [-0.25, -0.2) is 4.79 Å². The molecule has 0 saturated heterocycles. The van der Waals surface area contributed by atoms with Crippen molar-refractivity contribution in [1.82, 2.24) is 15.2 Å². The molecule has 8 heteroatoms. The molecular formula is C29H28ClN3O4. The van der Waals surface area contributed by atoms with Crippen molar-refractivity contribution in [3.8, 4) is 11.1 Å². The van der Waals surface area contributed by atoms with Crippen LogP contribution in [-0.4, -0.2) is 38.8 Å². The van der Waals surface area contributed by atoms with E-state index in [-0.39, 0.29) is 17.8 Å². The first-order chi connectivity index (χ1) is 17.6. The first kappa shape index (κ1) is 26.0. The van der Waals surface area contributed by atoms with Gasteiger partial charge in [-0.3, -0.25) is 9.59 Å². The number of hydrogen-bond acceptors (Lipinski definition) is 3. The first-order valence-electron chi connectivity index (χ1n) is 11.8. The molecule has 0 aliphatic carbocycles. The Labute approximate surface area is 220 Å². The quantitative estimate of drug-likeness (QED) is 0.257. The molecule has 4 aromatic rings. The summed E-state index contributed by atoms with van der Waals surface area (Å²) in [5, 5.41) is 13.8. The molecule has 1 aromatic heterocycles. The number of carbonyl (C=O) groups excluding carboxylic acids is 2. The van der Waals surface area contributed by atoms with Gasteiger partial charge in [0.05, 0.1) is 0 Å². The summed E-state index contributed by atoms with van der Waals surface area (Å²) in [4.78, 5) is 42.5. The van der Waals surface area contributed by atoms with Gasteiger partial charge in [-0.05, 0) is 49.6 Å². The van der Waals surface area contributed by atoms with Gasteiger partial charge in [-0.15, -0.1) is 0 Å². The SMILES string of the molecule is CC(C)(C)NC(=O)C(c1c(C(=O)O)[nH]c2cc(Cl)ccc12)N(C=O)Cc1ccc(-c2ccccc2)cc1. The number of rotatable bonds is 8. The average molecular weight is 518 g/mol. The average Bonchev–Trinajstić information content (AvgIpc) is 3.22. The summed E-state index contributed by atoms with van der Waals surface area (Å²) in [5.41, 5.74) is 2.76. The third kappa shape index (κ3) is 5.84. The highest BCUT2D eigenvalue weighted by Crippen LogP contribution is 2.34. The van der Waals surface area contributed by atoms with Crippen LogP contribution in [0.2, 0.25) is 5.02 Å². The third-order valence-corrected chi connectivity index (χ3v) is 6.16. The van der Waals surface area contributed by atoms with Crippen molar-refractivity contribution in [2.75, 3.05) is 0 Å². The van der Waals surface area contributed by atoms with Crippen LogP contribution < -0.4 is 5.32 Å². The fourth-order valence-electron chi connectivity index (χ4n) is 4.36. The third-order valence-electron chi connectivity index (χ3n) is 5.93. The molecule has 0 saturated carbocycles. The Hall–Kier alpha value is -4.10. The molecule has 2 amide bonds. The minimum Gasteiger partial charge on any atom is -0.477 e. The minimum atomic E-state index is -1.24. The number of amides is 2. The number of carboxylic acids is 1. The monoisotopic (exact) mass is 517 g/mol. The summed E-state index contributed by atoms with van der Waals surface area (Å²) < 4.78 is 0. The summed E-state index contributed by atoms with van der Waals surface area (Å²) in [6.45, 7) is 5.56. The summed E-state index contributed by atoms with van der Waals surface area (Å²) >= 11 is 6.13. The molecule has 0 radical (unpaired) electrons. The summed E-state index contributed by atoms with van der Waals surface area (Å²) in [6, 6.07) is 21.3. The number of hydrogen-bond donors (Lipinski definition) is 3. The van der Waals surface area contributed by atoms with E-state index in [0.29, 0.717) is 22.3 Å². The van der Waals surface area contributed by atoms with Crippen molar-refractivity contribution in [3.05, 3.63) is 94.6 Å². The van der Waals surface area contributed by atoms with Crippen molar-refractivity contribution in [1.29, 1.82) is 0 Å². The van der Waals surface area contributed by atoms with E-state index in [2.05, 4.69) is 10.3 Å². The van der Waals surface area contributed by atoms with E-state index < -0.39 is 23.5 Å². The van der Waals surface area contributed by atoms with Gasteiger partial charge in [0, 0.05) is 33.6 Å². The molecule has 0 fully saturated rings. The van der Waals surface area contributed by atoms with Gasteiger partial charge >= 0.3 is 5.97 Å². The molecule has 4 rings (SSSR count). The lowest BCUT2D eigenvalue weighted by Crippen LogP contribution is -2.47. The van der Waals surface area contributed by atoms with E-state index in [1.54, 1.807) is 18.2 Å². The topological polar surface area (TPSA) is 102 Å². The van der Waals surface area contributed by atoms with Crippen LogP contribution in [0, 0.1) is 0 Å². The Morgan fingerprint density at radius 3 is 2.27 bits per heavy atom. The van der Waals surface area contributed by atoms with Crippen LogP contribution in [0.1, 0.15) is 48.4 Å². The zero-order chi connectivity index (χ0) is 26.7. The highest BCUT2D eigenvalue weighted by Gasteiger charge is 2.35. The molecule has 1 atom stereocenters. The van der Waals surface area contributed by atoms with Crippen LogP contribution >= 0.6 is 11.6 Å². The van der Waals surface area contributed by atoms with Crippen molar-refractivity contribution in [2.45, 2.75) is 38.9 Å². The predicted octanol–water partition coefficient (Wildman–Crippen LogP) is 5.80. The van der Waals surface area contributed by atoms with Crippen molar-refractivity contribution in [3.63, 3.8) is 0 Å². The zero-order valence-corrected chi connectivity index (χ0v) is 21.5. The number of nitrogens with zero attached hydrogens (tertiary/aromatic N) is 1. The molecule has 1 heterocycles. The van der Waals surface area contributed by atoms with Crippen LogP contribution in [0.5, 0.6) is 0 Å². The lowest BCUT2D eigenvalue weighted by atomic mass is 9.98. The number of carbonyl (C=O) groups is 3. The van der Waals surface area contributed by atoms with Crippen LogP contribution in [0.4, 0.5) is 0 Å². The van der Waals surface area contributed by atoms with E-state index >= 15 is 0 Å². The van der Waals surface area contributed by atoms with Gasteiger partial charge in [0.25, 0.3) is 0 Å². The molecule has 0 spiro atoms. The second-order valence-electron chi connectivity index (χ2n) is 9.89. The van der Waals surface area contributed by atoms with Crippen LogP contribution in [-0.2, 0) is 16.1 Å². The van der Waals surface area contributed by atoms with E-state index in [0.717, 1.165) is 16.7 Å². The highest BCUT2D eigenvalue weighted by atomic mass is 35.5. The molecule has 190 valence electrons. The Balaban J connectivity index is 1.78. The normalized spacial score (nSPS) is 12.2. The molecular weight excluding hydrogens is 490 g/mol. The molecule has 0 aliphatic rings. The number of carboxylic acid groups (broad SMARTS) is 1. The number of fused-ring (bicyclic) bond motifs is 1. The van der Waals surface area contributed by atoms with Gasteiger partial charge in [-0.2, -0.15) is 0 Å². The Bertz CT molecular complexity index is 1440. The van der Waals surface area contributed by atoms with Crippen LogP contribution in [0.3, 0.4) is 0 Å². The number of aromatic carboxylic acids is 1. The summed E-state index contributed by atoms with van der Waals surface area (Å²) in [5.74, 6) is -1.73. The predicted molar refractivity (Wildman–Crippen MR) is 144 cm³/mol. The number of benzene rings is 3. The molecule has 7 nitrogen and oxygen atoms in total. The fourth-order valence-corrected chi connectivity index (χ4v) is 4.54. The molecule has 0 bridgehead atoms. The van der Waals surface area contributed by atoms with E-state index in [9.17, 15) is 19.5 Å². The van der Waals surface area contributed by atoms with Crippen molar-refractivity contribution in [2.24, 2.45) is 0 Å². The van der Waals surface area contributed by atoms with Gasteiger partial charge < -0.3 is 20.3 Å². The maximum atomic E-state index is 13.6. The number of H-pyrrole nitrogens is 1. The minimum absolute atomic E-state index is 0.0973. The first-order valence-corrected chi connectivity index (χ1v) is 12.2. The van der Waals surface area contributed by atoms with Crippen LogP contribution in [0.25, 0.3) is 22.0 Å². The van der Waals surface area contributed by atoms with E-state index in [1.165, 1.54) is 4.90 Å². The molecule has 3 aromatic carbocycles. The second-order valence-corrected chi connectivity index (χ2v) is 10.3. The van der Waals surface area contributed by atoms with Crippen molar-refractivity contribution >= 4 is 40.8 Å². The van der Waals surface area contributed by atoms with Gasteiger partial charge in [0.15, 0.2) is 0 Å². The van der Waals surface area contributed by atoms with Gasteiger partial charge in [0.2, 0.25) is 12.3 Å². The zero-order valence-electron chi connectivity index (χ0n) is 20.8. The molecule has 37 heavy (non-hydrogen) atoms. The van der Waals surface area contributed by atoms with Gasteiger partial charge in [0.1, 0.15) is 11.7 Å². The number of aromatic amines is 1. The summed E-state index contributed by atoms with van der Waals surface area (Å²) in [6.07, 6.45) is 0.582. The van der Waals surface area contributed by atoms with E-state index in [1.807, 2.05) is 75.4 Å². The number of aromatic nitrogens is 1. The largest absolute Gasteiger partial charge is 0.477 e.